The number of nitrogens with one attached hydrogen (secondary N) is 1. The number of piperidine rings is 1. The van der Waals surface area contributed by atoms with Crippen LogP contribution in [0, 0.1) is 5.82 Å². The van der Waals surface area contributed by atoms with Gasteiger partial charge in [-0.05, 0) is 68.8 Å². The molecule has 0 radical (unpaired) electrons. The first-order valence-corrected chi connectivity index (χ1v) is 10.0. The maximum absolute atomic E-state index is 13.9. The first kappa shape index (κ1) is 19.9. The molecule has 29 heavy (non-hydrogen) atoms. The molecule has 2 aromatic rings. The molecule has 1 amide bonds. The molecule has 2 aromatic carbocycles. The Labute approximate surface area is 173 Å². The number of likely N-dealkylation sites (tertiary alicyclic amines) is 1. The molecule has 2 heterocycles. The van der Waals surface area contributed by atoms with Gasteiger partial charge in [-0.2, -0.15) is 0 Å². The third kappa shape index (κ3) is 3.74. The number of ketones is 1. The Bertz CT molecular complexity index is 971. The van der Waals surface area contributed by atoms with E-state index in [0.717, 1.165) is 24.3 Å². The number of fused-ring (bicyclic) bond motifs is 2. The molecular weight excluding hydrogens is 395 g/mol. The number of halogens is 2. The highest BCUT2D eigenvalue weighted by molar-refractivity contribution is 6.31. The summed E-state index contributed by atoms with van der Waals surface area (Å²) in [4.78, 5) is 26.2. The molecule has 2 aliphatic heterocycles. The van der Waals surface area contributed by atoms with Gasteiger partial charge in [0.1, 0.15) is 18.2 Å². The van der Waals surface area contributed by atoms with Crippen LogP contribution in [0.4, 0.5) is 10.1 Å². The molecule has 0 bridgehead atoms. The zero-order valence-electron chi connectivity index (χ0n) is 16.1. The SMILES string of the molecule is CC(=O)c1ccc(OCCN2CCC3(CC2)C(=O)Nc2ccc(Cl)cc23)cc1F. The van der Waals surface area contributed by atoms with E-state index >= 15 is 0 Å². The number of benzene rings is 2. The largest absolute Gasteiger partial charge is 0.492 e. The van der Waals surface area contributed by atoms with Crippen LogP contribution in [0.15, 0.2) is 36.4 Å². The third-order valence-corrected chi connectivity index (χ3v) is 6.12. The van der Waals surface area contributed by atoms with Crippen LogP contribution in [-0.2, 0) is 10.2 Å². The van der Waals surface area contributed by atoms with Gasteiger partial charge in [-0.1, -0.05) is 11.6 Å². The summed E-state index contributed by atoms with van der Waals surface area (Å²) in [6.07, 6.45) is 1.43. The summed E-state index contributed by atoms with van der Waals surface area (Å²) in [5.41, 5.74) is 1.40. The van der Waals surface area contributed by atoms with Crippen LogP contribution in [0.3, 0.4) is 0 Å². The molecule has 1 saturated heterocycles. The fraction of sp³-hybridized carbons (Fsp3) is 0.364. The summed E-state index contributed by atoms with van der Waals surface area (Å²) < 4.78 is 19.5. The maximum atomic E-state index is 13.9. The molecule has 0 unspecified atom stereocenters. The maximum Gasteiger partial charge on any atom is 0.235 e. The lowest BCUT2D eigenvalue weighted by Crippen LogP contribution is -2.47. The minimum absolute atomic E-state index is 0.0479. The number of ether oxygens (including phenoxy) is 1. The predicted octanol–water partition coefficient (Wildman–Crippen LogP) is 4.05. The summed E-state index contributed by atoms with van der Waals surface area (Å²) >= 11 is 6.16. The van der Waals surface area contributed by atoms with Crippen molar-refractivity contribution < 1.29 is 18.7 Å². The van der Waals surface area contributed by atoms with Crippen LogP contribution < -0.4 is 10.1 Å². The highest BCUT2D eigenvalue weighted by atomic mass is 35.5. The quantitative estimate of drug-likeness (QED) is 0.747. The highest BCUT2D eigenvalue weighted by Crippen LogP contribution is 2.45. The van der Waals surface area contributed by atoms with Crippen molar-refractivity contribution in [2.45, 2.75) is 25.2 Å². The summed E-state index contributed by atoms with van der Waals surface area (Å²) in [5.74, 6) is -0.430. The molecule has 1 N–H and O–H groups in total. The number of carbonyl (C=O) groups is 2. The average Bonchev–Trinajstić information content (AvgIpc) is 2.94. The zero-order chi connectivity index (χ0) is 20.6. The van der Waals surface area contributed by atoms with E-state index in [4.69, 9.17) is 16.3 Å². The number of carbonyl (C=O) groups excluding carboxylic acids is 2. The van der Waals surface area contributed by atoms with Crippen molar-refractivity contribution in [1.29, 1.82) is 0 Å². The van der Waals surface area contributed by atoms with Crippen molar-refractivity contribution >= 4 is 29.0 Å². The van der Waals surface area contributed by atoms with Crippen molar-refractivity contribution in [3.63, 3.8) is 0 Å². The molecule has 0 aromatic heterocycles. The van der Waals surface area contributed by atoms with Crippen LogP contribution in [0.2, 0.25) is 5.02 Å². The topological polar surface area (TPSA) is 58.6 Å². The lowest BCUT2D eigenvalue weighted by Gasteiger charge is -2.37. The Morgan fingerprint density at radius 1 is 1.24 bits per heavy atom. The molecule has 152 valence electrons. The van der Waals surface area contributed by atoms with Crippen molar-refractivity contribution in [3.05, 3.63) is 58.4 Å². The predicted molar refractivity (Wildman–Crippen MR) is 109 cm³/mol. The number of hydrogen-bond acceptors (Lipinski definition) is 4. The standard InChI is InChI=1S/C22H22ClFN2O3/c1-14(27)17-4-3-16(13-19(17)24)29-11-10-26-8-6-22(7-9-26)18-12-15(23)2-5-20(18)25-21(22)28/h2-5,12-13H,6-11H2,1H3,(H,25,28). The lowest BCUT2D eigenvalue weighted by atomic mass is 9.73. The Kier molecular flexibility index (Phi) is 5.32. The molecule has 0 atom stereocenters. The second-order valence-electron chi connectivity index (χ2n) is 7.61. The monoisotopic (exact) mass is 416 g/mol. The van der Waals surface area contributed by atoms with Gasteiger partial charge in [0, 0.05) is 23.3 Å². The molecular formula is C22H22ClFN2O3. The number of hydrogen-bond donors (Lipinski definition) is 1. The molecule has 1 spiro atoms. The number of nitrogens with zero attached hydrogens (tertiary/aromatic N) is 1. The minimum atomic E-state index is -0.570. The number of Topliss-reactive ketones (excluding diaryl/α,β-unsaturated/α-hetero) is 1. The second kappa shape index (κ2) is 7.76. The van der Waals surface area contributed by atoms with Gasteiger partial charge in [-0.3, -0.25) is 14.5 Å². The fourth-order valence-corrected chi connectivity index (χ4v) is 4.38. The van der Waals surface area contributed by atoms with Gasteiger partial charge in [0.2, 0.25) is 5.91 Å². The van der Waals surface area contributed by atoms with Gasteiger partial charge < -0.3 is 10.1 Å². The van der Waals surface area contributed by atoms with Gasteiger partial charge in [-0.15, -0.1) is 0 Å². The van der Waals surface area contributed by atoms with Crippen molar-refractivity contribution in [1.82, 2.24) is 4.90 Å². The minimum Gasteiger partial charge on any atom is -0.492 e. The van der Waals surface area contributed by atoms with Gasteiger partial charge in [0.15, 0.2) is 5.78 Å². The van der Waals surface area contributed by atoms with E-state index in [2.05, 4.69) is 10.2 Å². The van der Waals surface area contributed by atoms with Crippen LogP contribution in [0.5, 0.6) is 5.75 Å². The van der Waals surface area contributed by atoms with E-state index in [1.165, 1.54) is 19.1 Å². The molecule has 1 fully saturated rings. The van der Waals surface area contributed by atoms with Gasteiger partial charge in [0.25, 0.3) is 0 Å². The Hall–Kier alpha value is -2.44. The second-order valence-corrected chi connectivity index (χ2v) is 8.05. The summed E-state index contributed by atoms with van der Waals surface area (Å²) in [5, 5.41) is 3.62. The van der Waals surface area contributed by atoms with Gasteiger partial charge in [-0.25, -0.2) is 4.39 Å². The Balaban J connectivity index is 1.33. The summed E-state index contributed by atoms with van der Waals surface area (Å²) in [6.45, 7) is 3.94. The molecule has 0 saturated carbocycles. The zero-order valence-corrected chi connectivity index (χ0v) is 16.9. The van der Waals surface area contributed by atoms with Crippen LogP contribution in [0.25, 0.3) is 0 Å². The Morgan fingerprint density at radius 2 is 2.00 bits per heavy atom. The normalized spacial score (nSPS) is 17.8. The van der Waals surface area contributed by atoms with Crippen LogP contribution in [-0.4, -0.2) is 42.8 Å². The van der Waals surface area contributed by atoms with E-state index in [-0.39, 0.29) is 17.3 Å². The molecule has 7 heteroatoms. The van der Waals surface area contributed by atoms with Crippen LogP contribution >= 0.6 is 11.6 Å². The first-order chi connectivity index (χ1) is 13.9. The van der Waals surface area contributed by atoms with Gasteiger partial charge in [0.05, 0.1) is 11.0 Å². The summed E-state index contributed by atoms with van der Waals surface area (Å²) in [6, 6.07) is 9.84. The highest BCUT2D eigenvalue weighted by Gasteiger charge is 2.48. The average molecular weight is 417 g/mol. The van der Waals surface area contributed by atoms with E-state index in [1.807, 2.05) is 12.1 Å². The van der Waals surface area contributed by atoms with Gasteiger partial charge >= 0.3 is 0 Å². The molecule has 0 aliphatic carbocycles. The number of anilines is 1. The van der Waals surface area contributed by atoms with Crippen molar-refractivity contribution in [3.8, 4) is 5.75 Å². The Morgan fingerprint density at radius 3 is 2.69 bits per heavy atom. The van der Waals surface area contributed by atoms with E-state index in [9.17, 15) is 14.0 Å². The first-order valence-electron chi connectivity index (χ1n) is 9.66. The molecule has 2 aliphatic rings. The van der Waals surface area contributed by atoms with Crippen molar-refractivity contribution in [2.24, 2.45) is 0 Å². The van der Waals surface area contributed by atoms with E-state index in [1.54, 1.807) is 12.1 Å². The fourth-order valence-electron chi connectivity index (χ4n) is 4.20. The van der Waals surface area contributed by atoms with Crippen molar-refractivity contribution in [2.75, 3.05) is 31.6 Å². The smallest absolute Gasteiger partial charge is 0.235 e. The summed E-state index contributed by atoms with van der Waals surface area (Å²) in [7, 11) is 0. The van der Waals surface area contributed by atoms with E-state index in [0.29, 0.717) is 36.8 Å². The van der Waals surface area contributed by atoms with E-state index < -0.39 is 11.2 Å². The third-order valence-electron chi connectivity index (χ3n) is 5.89. The molecule has 4 rings (SSSR count). The lowest BCUT2D eigenvalue weighted by molar-refractivity contribution is -0.122. The number of rotatable bonds is 5. The van der Waals surface area contributed by atoms with Crippen LogP contribution in [0.1, 0.15) is 35.7 Å². The molecule has 5 nitrogen and oxygen atoms in total. The number of amides is 1.